The molecule has 0 radical (unpaired) electrons. The van der Waals surface area contributed by atoms with E-state index in [9.17, 15) is 12.8 Å². The van der Waals surface area contributed by atoms with Crippen molar-refractivity contribution >= 4 is 21.6 Å². The number of halogens is 2. The van der Waals surface area contributed by atoms with E-state index < -0.39 is 15.8 Å². The number of fused-ring (bicyclic) bond motifs is 1. The van der Waals surface area contributed by atoms with Crippen molar-refractivity contribution in [2.24, 2.45) is 0 Å². The molecule has 0 aliphatic carbocycles. The van der Waals surface area contributed by atoms with Crippen LogP contribution in [0.5, 0.6) is 0 Å². The molecular weight excluding hydrogens is 315 g/mol. The minimum atomic E-state index is -3.72. The molecular formula is C14H18ClFN2O2S. The zero-order valence-corrected chi connectivity index (χ0v) is 13.1. The minimum Gasteiger partial charge on any atom is -0.299 e. The maximum Gasteiger partial charge on any atom is 0.242 e. The zero-order chi connectivity index (χ0) is 15.0. The fraction of sp³-hybridized carbons (Fsp3) is 0.571. The molecule has 4 nitrogen and oxygen atoms in total. The average Bonchev–Trinajstić information content (AvgIpc) is 2.81. The normalized spacial score (nSPS) is 26.8. The molecule has 0 aromatic heterocycles. The van der Waals surface area contributed by atoms with Gasteiger partial charge in [0, 0.05) is 18.6 Å². The Kier molecular flexibility index (Phi) is 4.23. The topological polar surface area (TPSA) is 49.4 Å². The first-order chi connectivity index (χ1) is 9.97. The monoisotopic (exact) mass is 332 g/mol. The van der Waals surface area contributed by atoms with Gasteiger partial charge in [0.2, 0.25) is 10.0 Å². The van der Waals surface area contributed by atoms with Crippen LogP contribution in [0.3, 0.4) is 0 Å². The standard InChI is InChI=1S/C14H18ClFN2O2S/c15-11-9-10(16)4-5-14(11)21(19,20)17-12-6-8-18-7-2-1-3-13(12)18/h4-5,9,12-13,17H,1-3,6-8H2/t12-,13-/m0/s1. The first-order valence-electron chi connectivity index (χ1n) is 7.19. The van der Waals surface area contributed by atoms with Crippen molar-refractivity contribution in [1.82, 2.24) is 9.62 Å². The molecule has 1 N–H and O–H groups in total. The van der Waals surface area contributed by atoms with E-state index >= 15 is 0 Å². The van der Waals surface area contributed by atoms with Gasteiger partial charge in [-0.25, -0.2) is 17.5 Å². The molecule has 7 heteroatoms. The highest BCUT2D eigenvalue weighted by atomic mass is 35.5. The SMILES string of the molecule is O=S(=O)(N[C@H]1CCN2CCCC[C@@H]12)c1ccc(F)cc1Cl. The highest BCUT2D eigenvalue weighted by Gasteiger charge is 2.38. The van der Waals surface area contributed by atoms with Crippen LogP contribution >= 0.6 is 11.6 Å². The molecule has 2 heterocycles. The van der Waals surface area contributed by atoms with E-state index in [1.165, 1.54) is 12.5 Å². The van der Waals surface area contributed by atoms with E-state index in [0.717, 1.165) is 44.5 Å². The highest BCUT2D eigenvalue weighted by molar-refractivity contribution is 7.89. The summed E-state index contributed by atoms with van der Waals surface area (Å²) in [5.41, 5.74) is 0. The molecule has 2 aliphatic rings. The van der Waals surface area contributed by atoms with Gasteiger partial charge in [0.15, 0.2) is 0 Å². The highest BCUT2D eigenvalue weighted by Crippen LogP contribution is 2.29. The van der Waals surface area contributed by atoms with Crippen LogP contribution in [-0.2, 0) is 10.0 Å². The van der Waals surface area contributed by atoms with Crippen molar-refractivity contribution in [3.05, 3.63) is 29.0 Å². The Morgan fingerprint density at radius 1 is 1.24 bits per heavy atom. The predicted molar refractivity (Wildman–Crippen MR) is 79.3 cm³/mol. The van der Waals surface area contributed by atoms with Crippen molar-refractivity contribution < 1.29 is 12.8 Å². The molecule has 2 fully saturated rings. The second-order valence-electron chi connectivity index (χ2n) is 5.69. The van der Waals surface area contributed by atoms with Gasteiger partial charge in [0.05, 0.1) is 5.02 Å². The third-order valence-corrected chi connectivity index (χ3v) is 6.32. The largest absolute Gasteiger partial charge is 0.299 e. The van der Waals surface area contributed by atoms with Crippen LogP contribution in [-0.4, -0.2) is 38.5 Å². The van der Waals surface area contributed by atoms with Crippen molar-refractivity contribution in [3.8, 4) is 0 Å². The molecule has 0 bridgehead atoms. The summed E-state index contributed by atoms with van der Waals surface area (Å²) in [6, 6.07) is 3.54. The Labute approximate surface area is 129 Å². The molecule has 1 aromatic carbocycles. The van der Waals surface area contributed by atoms with E-state index in [1.807, 2.05) is 0 Å². The van der Waals surface area contributed by atoms with Gasteiger partial charge in [-0.1, -0.05) is 18.0 Å². The lowest BCUT2D eigenvalue weighted by atomic mass is 10.00. The molecule has 0 amide bonds. The fourth-order valence-electron chi connectivity index (χ4n) is 3.34. The van der Waals surface area contributed by atoms with Crippen LogP contribution in [0.25, 0.3) is 0 Å². The van der Waals surface area contributed by atoms with Gasteiger partial charge in [0.1, 0.15) is 10.7 Å². The molecule has 116 valence electrons. The van der Waals surface area contributed by atoms with Crippen LogP contribution in [0.15, 0.2) is 23.1 Å². The molecule has 0 unspecified atom stereocenters. The third kappa shape index (κ3) is 3.08. The molecule has 0 spiro atoms. The number of nitrogens with zero attached hydrogens (tertiary/aromatic N) is 1. The Morgan fingerprint density at radius 3 is 2.81 bits per heavy atom. The molecule has 2 atom stereocenters. The van der Waals surface area contributed by atoms with Crippen LogP contribution in [0.2, 0.25) is 5.02 Å². The summed E-state index contributed by atoms with van der Waals surface area (Å²) in [4.78, 5) is 2.29. The first kappa shape index (κ1) is 15.2. The quantitative estimate of drug-likeness (QED) is 0.924. The molecule has 2 aliphatic heterocycles. The third-order valence-electron chi connectivity index (χ3n) is 4.35. The number of rotatable bonds is 3. The fourth-order valence-corrected chi connectivity index (χ4v) is 5.18. The Morgan fingerprint density at radius 2 is 2.05 bits per heavy atom. The van der Waals surface area contributed by atoms with Gasteiger partial charge in [-0.2, -0.15) is 0 Å². The second-order valence-corrected chi connectivity index (χ2v) is 7.78. The van der Waals surface area contributed by atoms with Gasteiger partial charge in [-0.15, -0.1) is 0 Å². The van der Waals surface area contributed by atoms with E-state index in [1.54, 1.807) is 0 Å². The summed E-state index contributed by atoms with van der Waals surface area (Å²) in [6.07, 6.45) is 4.14. The van der Waals surface area contributed by atoms with Gasteiger partial charge in [-0.3, -0.25) is 4.90 Å². The smallest absolute Gasteiger partial charge is 0.242 e. The van der Waals surface area contributed by atoms with Crippen molar-refractivity contribution in [1.29, 1.82) is 0 Å². The maximum absolute atomic E-state index is 13.1. The molecule has 0 saturated carbocycles. The lowest BCUT2D eigenvalue weighted by molar-refractivity contribution is 0.186. The Bertz CT molecular complexity index is 638. The number of hydrogen-bond acceptors (Lipinski definition) is 3. The van der Waals surface area contributed by atoms with Crippen LogP contribution in [0, 0.1) is 5.82 Å². The average molecular weight is 333 g/mol. The minimum absolute atomic E-state index is 0.0557. The molecule has 3 rings (SSSR count). The van der Waals surface area contributed by atoms with E-state index in [0.29, 0.717) is 0 Å². The van der Waals surface area contributed by atoms with Crippen molar-refractivity contribution in [3.63, 3.8) is 0 Å². The predicted octanol–water partition coefficient (Wildman–Crippen LogP) is 2.38. The van der Waals surface area contributed by atoms with Crippen molar-refractivity contribution in [2.75, 3.05) is 13.1 Å². The van der Waals surface area contributed by atoms with Crippen molar-refractivity contribution in [2.45, 2.75) is 42.7 Å². The Balaban J connectivity index is 1.80. The summed E-state index contributed by atoms with van der Waals surface area (Å²) in [7, 11) is -3.72. The lowest BCUT2D eigenvalue weighted by Crippen LogP contribution is -2.46. The maximum atomic E-state index is 13.1. The van der Waals surface area contributed by atoms with E-state index in [-0.39, 0.29) is 22.0 Å². The van der Waals surface area contributed by atoms with Gasteiger partial charge in [-0.05, 0) is 44.0 Å². The zero-order valence-electron chi connectivity index (χ0n) is 11.6. The number of hydrogen-bond donors (Lipinski definition) is 1. The van der Waals surface area contributed by atoms with Crippen LogP contribution < -0.4 is 4.72 Å². The lowest BCUT2D eigenvalue weighted by Gasteiger charge is -2.32. The molecule has 2 saturated heterocycles. The molecule has 1 aromatic rings. The second kappa shape index (κ2) is 5.83. The summed E-state index contributed by atoms with van der Waals surface area (Å²) >= 11 is 5.87. The molecule has 21 heavy (non-hydrogen) atoms. The van der Waals surface area contributed by atoms with E-state index in [4.69, 9.17) is 11.6 Å². The van der Waals surface area contributed by atoms with Gasteiger partial charge >= 0.3 is 0 Å². The van der Waals surface area contributed by atoms with Crippen LogP contribution in [0.1, 0.15) is 25.7 Å². The number of nitrogens with one attached hydrogen (secondary N) is 1. The van der Waals surface area contributed by atoms with Crippen LogP contribution in [0.4, 0.5) is 4.39 Å². The van der Waals surface area contributed by atoms with E-state index in [2.05, 4.69) is 9.62 Å². The summed E-state index contributed by atoms with van der Waals surface area (Å²) in [6.45, 7) is 1.97. The summed E-state index contributed by atoms with van der Waals surface area (Å²) in [5.74, 6) is -0.543. The first-order valence-corrected chi connectivity index (χ1v) is 9.05. The summed E-state index contributed by atoms with van der Waals surface area (Å²) in [5, 5.41) is -0.0824. The van der Waals surface area contributed by atoms with Gasteiger partial charge in [0.25, 0.3) is 0 Å². The summed E-state index contributed by atoms with van der Waals surface area (Å²) < 4.78 is 40.7. The number of benzene rings is 1. The number of sulfonamides is 1. The van der Waals surface area contributed by atoms with Gasteiger partial charge < -0.3 is 0 Å². The number of piperidine rings is 1. The Hall–Kier alpha value is -0.690.